The highest BCUT2D eigenvalue weighted by molar-refractivity contribution is 14.1. The maximum Gasteiger partial charge on any atom is 0.101 e. The lowest BCUT2D eigenvalue weighted by atomic mass is 9.93. The Morgan fingerprint density at radius 1 is 1.40 bits per heavy atom. The van der Waals surface area contributed by atoms with E-state index in [-0.39, 0.29) is 5.41 Å². The van der Waals surface area contributed by atoms with E-state index in [0.717, 1.165) is 14.8 Å². The first kappa shape index (κ1) is 10.7. The van der Waals surface area contributed by atoms with Gasteiger partial charge in [-0.1, -0.05) is 20.8 Å². The molecule has 2 N–H and O–H groups in total. The lowest BCUT2D eigenvalue weighted by molar-refractivity contribution is 0.551. The van der Waals surface area contributed by atoms with Crippen molar-refractivity contribution in [2.45, 2.75) is 26.2 Å². The summed E-state index contributed by atoms with van der Waals surface area (Å²) in [5.74, 6) is 0. The van der Waals surface area contributed by atoms with E-state index in [0.29, 0.717) is 0 Å². The molecule has 0 spiro atoms. The molecule has 0 aromatic carbocycles. The van der Waals surface area contributed by atoms with Gasteiger partial charge in [0.1, 0.15) is 5.52 Å². The van der Waals surface area contributed by atoms with Crippen LogP contribution in [-0.2, 0) is 5.41 Å². The number of rotatable bonds is 0. The monoisotopic (exact) mass is 315 g/mol. The highest BCUT2D eigenvalue weighted by Crippen LogP contribution is 2.30. The van der Waals surface area contributed by atoms with Gasteiger partial charge in [-0.15, -0.1) is 0 Å². The van der Waals surface area contributed by atoms with Gasteiger partial charge in [-0.05, 0) is 34.7 Å². The fourth-order valence-electron chi connectivity index (χ4n) is 1.64. The van der Waals surface area contributed by atoms with Crippen LogP contribution in [0.3, 0.4) is 0 Å². The third-order valence-corrected chi connectivity index (χ3v) is 3.23. The fraction of sp³-hybridized carbons (Fsp3) is 0.364. The lowest BCUT2D eigenvalue weighted by Gasteiger charge is -2.17. The zero-order chi connectivity index (χ0) is 11.2. The Hall–Kier alpha value is -0.780. The van der Waals surface area contributed by atoms with E-state index in [1.807, 2.05) is 10.6 Å². The summed E-state index contributed by atoms with van der Waals surface area (Å²) in [5, 5.41) is 4.36. The van der Waals surface area contributed by atoms with Crippen molar-refractivity contribution in [1.29, 1.82) is 0 Å². The van der Waals surface area contributed by atoms with Gasteiger partial charge in [0.2, 0.25) is 0 Å². The van der Waals surface area contributed by atoms with Crippen molar-refractivity contribution >= 4 is 33.8 Å². The van der Waals surface area contributed by atoms with E-state index >= 15 is 0 Å². The molecule has 0 radical (unpaired) electrons. The van der Waals surface area contributed by atoms with E-state index < -0.39 is 0 Å². The molecular formula is C11H14IN3. The average molecular weight is 315 g/mol. The standard InChI is InChI=1S/C11H14IN3/c1-11(2,3)9-6-7(12)10-8(13)4-5-14-15(9)10/h4-6H,13H2,1-3H3. The van der Waals surface area contributed by atoms with E-state index in [9.17, 15) is 0 Å². The molecule has 4 heteroatoms. The van der Waals surface area contributed by atoms with Crippen LogP contribution in [0.15, 0.2) is 18.3 Å². The summed E-state index contributed by atoms with van der Waals surface area (Å²) in [6, 6.07) is 3.99. The second-order valence-electron chi connectivity index (χ2n) is 4.67. The molecule has 0 aliphatic carbocycles. The second kappa shape index (κ2) is 3.37. The zero-order valence-electron chi connectivity index (χ0n) is 9.08. The smallest absolute Gasteiger partial charge is 0.101 e. The first-order valence-corrected chi connectivity index (χ1v) is 5.91. The van der Waals surface area contributed by atoms with Crippen LogP contribution in [-0.4, -0.2) is 9.61 Å². The molecule has 0 aliphatic heterocycles. The average Bonchev–Trinajstić information content (AvgIpc) is 2.44. The first-order chi connectivity index (χ1) is 6.91. The molecule has 0 saturated carbocycles. The number of nitrogens with zero attached hydrogens (tertiary/aromatic N) is 2. The number of nitrogen functional groups attached to an aromatic ring is 1. The molecule has 2 aromatic rings. The molecule has 0 fully saturated rings. The molecule has 0 atom stereocenters. The van der Waals surface area contributed by atoms with Crippen molar-refractivity contribution in [2.75, 3.05) is 5.73 Å². The van der Waals surface area contributed by atoms with Crippen LogP contribution >= 0.6 is 22.6 Å². The van der Waals surface area contributed by atoms with Crippen molar-refractivity contribution in [3.8, 4) is 0 Å². The van der Waals surface area contributed by atoms with Gasteiger partial charge in [0, 0.05) is 20.9 Å². The van der Waals surface area contributed by atoms with Crippen LogP contribution in [0.4, 0.5) is 5.69 Å². The van der Waals surface area contributed by atoms with Crippen molar-refractivity contribution in [2.24, 2.45) is 0 Å². The number of aromatic nitrogens is 2. The molecule has 2 aromatic heterocycles. The van der Waals surface area contributed by atoms with E-state index in [4.69, 9.17) is 5.73 Å². The van der Waals surface area contributed by atoms with Gasteiger partial charge in [-0.25, -0.2) is 4.52 Å². The third kappa shape index (κ3) is 1.71. The third-order valence-electron chi connectivity index (χ3n) is 2.41. The molecular weight excluding hydrogens is 301 g/mol. The van der Waals surface area contributed by atoms with Gasteiger partial charge in [0.25, 0.3) is 0 Å². The van der Waals surface area contributed by atoms with Gasteiger partial charge in [-0.3, -0.25) is 0 Å². The summed E-state index contributed by atoms with van der Waals surface area (Å²) in [4.78, 5) is 0. The Kier molecular flexibility index (Phi) is 2.41. The van der Waals surface area contributed by atoms with Crippen LogP contribution in [0.2, 0.25) is 0 Å². The molecule has 2 heterocycles. The van der Waals surface area contributed by atoms with E-state index in [1.54, 1.807) is 6.20 Å². The summed E-state index contributed by atoms with van der Waals surface area (Å²) in [6.45, 7) is 6.53. The van der Waals surface area contributed by atoms with Crippen molar-refractivity contribution in [3.63, 3.8) is 0 Å². The number of fused-ring (bicyclic) bond motifs is 1. The number of hydrogen-bond donors (Lipinski definition) is 1. The maximum absolute atomic E-state index is 5.95. The van der Waals surface area contributed by atoms with E-state index in [2.05, 4.69) is 54.5 Å². The topological polar surface area (TPSA) is 43.3 Å². The number of halogens is 1. The molecule has 0 unspecified atom stereocenters. The largest absolute Gasteiger partial charge is 0.397 e. The van der Waals surface area contributed by atoms with Gasteiger partial charge in [0.15, 0.2) is 0 Å². The van der Waals surface area contributed by atoms with Gasteiger partial charge < -0.3 is 5.73 Å². The quantitative estimate of drug-likeness (QED) is 0.760. The zero-order valence-corrected chi connectivity index (χ0v) is 11.2. The van der Waals surface area contributed by atoms with Gasteiger partial charge in [0.05, 0.1) is 5.69 Å². The molecule has 15 heavy (non-hydrogen) atoms. The molecule has 3 nitrogen and oxygen atoms in total. The Balaban J connectivity index is 2.85. The van der Waals surface area contributed by atoms with Gasteiger partial charge >= 0.3 is 0 Å². The van der Waals surface area contributed by atoms with Crippen LogP contribution in [0.5, 0.6) is 0 Å². The molecule has 80 valence electrons. The number of hydrogen-bond acceptors (Lipinski definition) is 2. The van der Waals surface area contributed by atoms with Crippen molar-refractivity contribution in [1.82, 2.24) is 9.61 Å². The SMILES string of the molecule is CC(C)(C)c1cc(I)c2c(N)ccnn12. The van der Waals surface area contributed by atoms with Gasteiger partial charge in [-0.2, -0.15) is 5.10 Å². The number of anilines is 1. The van der Waals surface area contributed by atoms with Crippen LogP contribution in [0.25, 0.3) is 5.52 Å². The van der Waals surface area contributed by atoms with Crippen LogP contribution < -0.4 is 5.73 Å². The minimum Gasteiger partial charge on any atom is -0.397 e. The Bertz CT molecular complexity index is 508. The highest BCUT2D eigenvalue weighted by Gasteiger charge is 2.21. The predicted molar refractivity (Wildman–Crippen MR) is 71.0 cm³/mol. The first-order valence-electron chi connectivity index (χ1n) is 4.83. The Morgan fingerprint density at radius 3 is 2.67 bits per heavy atom. The molecule has 2 rings (SSSR count). The Labute approximate surface area is 103 Å². The lowest BCUT2D eigenvalue weighted by Crippen LogP contribution is -2.15. The molecule has 0 aliphatic rings. The normalized spacial score (nSPS) is 12.3. The maximum atomic E-state index is 5.95. The van der Waals surface area contributed by atoms with Crippen LogP contribution in [0, 0.1) is 3.57 Å². The van der Waals surface area contributed by atoms with Crippen LogP contribution in [0.1, 0.15) is 26.5 Å². The summed E-state index contributed by atoms with van der Waals surface area (Å²) < 4.78 is 3.10. The molecule has 0 bridgehead atoms. The summed E-state index contributed by atoms with van der Waals surface area (Å²) in [5.41, 5.74) is 9.01. The molecule has 0 amide bonds. The van der Waals surface area contributed by atoms with Crippen molar-refractivity contribution in [3.05, 3.63) is 27.6 Å². The minimum absolute atomic E-state index is 0.0765. The summed E-state index contributed by atoms with van der Waals surface area (Å²) >= 11 is 2.30. The number of nitrogens with two attached hydrogens (primary N) is 1. The fourth-order valence-corrected chi connectivity index (χ4v) is 2.48. The second-order valence-corrected chi connectivity index (χ2v) is 5.84. The van der Waals surface area contributed by atoms with E-state index in [1.165, 1.54) is 5.69 Å². The van der Waals surface area contributed by atoms with Crippen molar-refractivity contribution < 1.29 is 0 Å². The minimum atomic E-state index is 0.0765. The summed E-state index contributed by atoms with van der Waals surface area (Å²) in [6.07, 6.45) is 1.74. The highest BCUT2D eigenvalue weighted by atomic mass is 127. The Morgan fingerprint density at radius 2 is 2.07 bits per heavy atom. The molecule has 0 saturated heterocycles. The summed E-state index contributed by atoms with van der Waals surface area (Å²) in [7, 11) is 0. The predicted octanol–water partition coefficient (Wildman–Crippen LogP) is 2.82.